The monoisotopic (exact) mass is 536 g/mol. The highest BCUT2D eigenvalue weighted by Gasteiger charge is 2.56. The number of pyridine rings is 1. The average molecular weight is 537 g/mol. The fourth-order valence-electron chi connectivity index (χ4n) is 5.36. The molecular formula is C27H26F2N6O4. The molecule has 2 aliphatic heterocycles. The molecule has 202 valence electrons. The van der Waals surface area contributed by atoms with Gasteiger partial charge >= 0.3 is 0 Å². The minimum absolute atomic E-state index is 0.0218. The van der Waals surface area contributed by atoms with Crippen molar-refractivity contribution in [1.82, 2.24) is 19.8 Å². The van der Waals surface area contributed by atoms with Crippen LogP contribution < -0.4 is 15.4 Å². The highest BCUT2D eigenvalue weighted by Crippen LogP contribution is 2.41. The molecule has 2 aliphatic rings. The van der Waals surface area contributed by atoms with Crippen LogP contribution >= 0.6 is 0 Å². The molecule has 0 unspecified atom stereocenters. The van der Waals surface area contributed by atoms with Crippen LogP contribution in [0.5, 0.6) is 5.75 Å². The fourth-order valence-corrected chi connectivity index (χ4v) is 5.36. The van der Waals surface area contributed by atoms with Crippen molar-refractivity contribution in [1.29, 1.82) is 5.26 Å². The van der Waals surface area contributed by atoms with Crippen LogP contribution in [0.1, 0.15) is 43.2 Å². The number of rotatable bonds is 5. The van der Waals surface area contributed by atoms with E-state index in [0.717, 1.165) is 6.07 Å². The molecule has 0 radical (unpaired) electrons. The first-order chi connectivity index (χ1) is 18.6. The topological polar surface area (TPSA) is 129 Å². The van der Waals surface area contributed by atoms with Crippen LogP contribution in [-0.4, -0.2) is 57.4 Å². The molecule has 1 fully saturated rings. The van der Waals surface area contributed by atoms with Gasteiger partial charge in [0.05, 0.1) is 24.3 Å². The van der Waals surface area contributed by atoms with Gasteiger partial charge in [0.2, 0.25) is 11.5 Å². The quantitative estimate of drug-likeness (QED) is 0.516. The summed E-state index contributed by atoms with van der Waals surface area (Å²) in [5.41, 5.74) is -1.15. The molecular weight excluding hydrogens is 510 g/mol. The maximum atomic E-state index is 14.8. The third-order valence-electron chi connectivity index (χ3n) is 7.13. The zero-order chi connectivity index (χ0) is 28.1. The number of nitrogens with one attached hydrogen (secondary N) is 2. The molecule has 0 bridgehead atoms. The number of halogens is 2. The Kier molecular flexibility index (Phi) is 6.46. The predicted octanol–water partition coefficient (Wildman–Crippen LogP) is 3.16. The fraction of sp³-hybridized carbons (Fsp3) is 0.370. The van der Waals surface area contributed by atoms with E-state index in [1.54, 1.807) is 6.07 Å². The molecule has 5 rings (SSSR count). The molecule has 1 spiro atoms. The van der Waals surface area contributed by atoms with E-state index in [1.807, 2.05) is 13.8 Å². The number of nitriles is 1. The number of nitrogens with zero attached hydrogens (tertiary/aromatic N) is 4. The van der Waals surface area contributed by atoms with E-state index in [0.29, 0.717) is 17.5 Å². The third kappa shape index (κ3) is 4.33. The van der Waals surface area contributed by atoms with Gasteiger partial charge in [-0.05, 0) is 24.5 Å². The summed E-state index contributed by atoms with van der Waals surface area (Å²) >= 11 is 0. The predicted molar refractivity (Wildman–Crippen MR) is 136 cm³/mol. The summed E-state index contributed by atoms with van der Waals surface area (Å²) in [6.45, 7) is 3.49. The zero-order valence-electron chi connectivity index (χ0n) is 21.5. The van der Waals surface area contributed by atoms with Gasteiger partial charge < -0.3 is 24.8 Å². The lowest BCUT2D eigenvalue weighted by Crippen LogP contribution is -2.53. The number of likely N-dealkylation sites (tertiary alicyclic amines) is 1. The summed E-state index contributed by atoms with van der Waals surface area (Å²) in [7, 11) is 1.39. The number of ether oxygens (including phenoxy) is 1. The van der Waals surface area contributed by atoms with Gasteiger partial charge in [-0.3, -0.25) is 19.4 Å². The second-order valence-corrected chi connectivity index (χ2v) is 10.2. The van der Waals surface area contributed by atoms with Crippen molar-refractivity contribution in [2.24, 2.45) is 5.92 Å². The number of carbonyl (C=O) groups is 3. The second-order valence-electron chi connectivity index (χ2n) is 10.2. The van der Waals surface area contributed by atoms with Gasteiger partial charge in [-0.25, -0.2) is 8.78 Å². The Morgan fingerprint density at radius 2 is 2.10 bits per heavy atom. The summed E-state index contributed by atoms with van der Waals surface area (Å²) < 4.78 is 36.5. The lowest BCUT2D eigenvalue weighted by atomic mass is 9.97. The second kappa shape index (κ2) is 9.65. The number of amides is 3. The van der Waals surface area contributed by atoms with E-state index in [4.69, 9.17) is 4.74 Å². The molecule has 0 saturated carbocycles. The first kappa shape index (κ1) is 26.1. The van der Waals surface area contributed by atoms with E-state index in [9.17, 15) is 28.4 Å². The van der Waals surface area contributed by atoms with Crippen LogP contribution in [0.15, 0.2) is 36.7 Å². The number of carbonyl (C=O) groups excluding carboxylic acids is 3. The van der Waals surface area contributed by atoms with Crippen molar-refractivity contribution in [2.75, 3.05) is 18.9 Å². The van der Waals surface area contributed by atoms with Crippen LogP contribution in [0.4, 0.5) is 14.5 Å². The van der Waals surface area contributed by atoms with E-state index in [1.165, 1.54) is 35.0 Å². The maximum Gasteiger partial charge on any atom is 0.270 e. The van der Waals surface area contributed by atoms with Crippen LogP contribution in [0, 0.1) is 28.9 Å². The highest BCUT2D eigenvalue weighted by molar-refractivity contribution is 6.02. The molecule has 4 heterocycles. The molecule has 1 saturated heterocycles. The van der Waals surface area contributed by atoms with Crippen molar-refractivity contribution in [3.63, 3.8) is 0 Å². The molecule has 2 N–H and O–H groups in total. The minimum atomic E-state index is -1.52. The molecule has 3 atom stereocenters. The number of anilines is 1. The standard InChI is InChI=1S/C27H26F2N6O4/c1-14(2)6-22(35-20-8-15(28)7-18(29)17(20)9-21(35)24(36)31-3)25(37)34-13-27(10-16(34)11-30)26(38)33-19-12-32-5-4-23(19)39-27/h4-5,7-9,12,14,16,22H,6,10,13H2,1-3H3,(H,31,36)(H,33,38)/t16-,22-,27+/m0/s1. The average Bonchev–Trinajstić information content (AvgIpc) is 3.46. The van der Waals surface area contributed by atoms with Gasteiger partial charge in [0.15, 0.2) is 0 Å². The van der Waals surface area contributed by atoms with Gasteiger partial charge in [-0.2, -0.15) is 5.26 Å². The van der Waals surface area contributed by atoms with Crippen LogP contribution in [-0.2, 0) is 9.59 Å². The van der Waals surface area contributed by atoms with Crippen molar-refractivity contribution < 1.29 is 27.9 Å². The van der Waals surface area contributed by atoms with E-state index in [2.05, 4.69) is 21.7 Å². The first-order valence-electron chi connectivity index (χ1n) is 12.4. The lowest BCUT2D eigenvalue weighted by Gasteiger charge is -2.34. The lowest BCUT2D eigenvalue weighted by molar-refractivity contribution is -0.137. The van der Waals surface area contributed by atoms with E-state index < -0.39 is 47.0 Å². The smallest absolute Gasteiger partial charge is 0.270 e. The number of benzene rings is 1. The van der Waals surface area contributed by atoms with Crippen molar-refractivity contribution in [3.05, 3.63) is 54.0 Å². The van der Waals surface area contributed by atoms with Crippen molar-refractivity contribution in [3.8, 4) is 11.8 Å². The molecule has 10 nitrogen and oxygen atoms in total. The van der Waals surface area contributed by atoms with E-state index in [-0.39, 0.29) is 41.9 Å². The van der Waals surface area contributed by atoms with Crippen molar-refractivity contribution >= 4 is 34.3 Å². The summed E-state index contributed by atoms with van der Waals surface area (Å²) in [5.74, 6) is -3.15. The van der Waals surface area contributed by atoms with Gasteiger partial charge in [-0.1, -0.05) is 13.8 Å². The summed E-state index contributed by atoms with van der Waals surface area (Å²) in [6, 6.07) is 4.59. The highest BCUT2D eigenvalue weighted by atomic mass is 19.1. The zero-order valence-corrected chi connectivity index (χ0v) is 21.5. The van der Waals surface area contributed by atoms with Crippen LogP contribution in [0.2, 0.25) is 0 Å². The first-order valence-corrected chi connectivity index (χ1v) is 12.4. The molecule has 39 heavy (non-hydrogen) atoms. The largest absolute Gasteiger partial charge is 0.473 e. The van der Waals surface area contributed by atoms with Gasteiger partial charge in [0.1, 0.15) is 40.8 Å². The summed E-state index contributed by atoms with van der Waals surface area (Å²) in [5, 5.41) is 15.2. The van der Waals surface area contributed by atoms with Crippen molar-refractivity contribution in [2.45, 2.75) is 44.4 Å². The summed E-state index contributed by atoms with van der Waals surface area (Å²) in [4.78, 5) is 45.5. The normalized spacial score (nSPS) is 20.9. The number of aromatic nitrogens is 2. The van der Waals surface area contributed by atoms with E-state index >= 15 is 0 Å². The maximum absolute atomic E-state index is 14.8. The Labute approximate surface area is 222 Å². The molecule has 0 aliphatic carbocycles. The third-order valence-corrected chi connectivity index (χ3v) is 7.13. The SMILES string of the molecule is CNC(=O)c1cc2c(F)cc(F)cc2n1[C@@H](CC(C)C)C(=O)N1C[C@@]2(C[C@H]1C#N)Oc1ccncc1NC2=O. The summed E-state index contributed by atoms with van der Waals surface area (Å²) in [6.07, 6.45) is 3.04. The Balaban J connectivity index is 1.60. The Hall–Kier alpha value is -4.53. The van der Waals surface area contributed by atoms with Gasteiger partial charge in [0, 0.05) is 37.2 Å². The van der Waals surface area contributed by atoms with Gasteiger partial charge in [-0.15, -0.1) is 0 Å². The molecule has 1 aromatic carbocycles. The molecule has 2 aromatic heterocycles. The Morgan fingerprint density at radius 3 is 2.79 bits per heavy atom. The molecule has 3 amide bonds. The molecule has 3 aromatic rings. The number of hydrogen-bond acceptors (Lipinski definition) is 6. The molecule has 12 heteroatoms. The number of hydrogen-bond donors (Lipinski definition) is 2. The minimum Gasteiger partial charge on any atom is -0.473 e. The van der Waals surface area contributed by atoms with Crippen LogP contribution in [0.3, 0.4) is 0 Å². The Morgan fingerprint density at radius 1 is 1.33 bits per heavy atom. The van der Waals surface area contributed by atoms with Crippen LogP contribution in [0.25, 0.3) is 10.9 Å². The van der Waals surface area contributed by atoms with Gasteiger partial charge in [0.25, 0.3) is 11.8 Å². The number of fused-ring (bicyclic) bond motifs is 2. The Bertz CT molecular complexity index is 1550.